The van der Waals surface area contributed by atoms with E-state index in [4.69, 9.17) is 4.74 Å². The molecule has 0 aliphatic rings. The number of amides is 1. The zero-order valence-electron chi connectivity index (χ0n) is 16.1. The molecule has 0 unspecified atom stereocenters. The van der Waals surface area contributed by atoms with E-state index < -0.39 is 0 Å². The normalized spacial score (nSPS) is 10.7. The van der Waals surface area contributed by atoms with Crippen LogP contribution in [-0.4, -0.2) is 23.0 Å². The van der Waals surface area contributed by atoms with E-state index in [1.165, 1.54) is 6.92 Å². The lowest BCUT2D eigenvalue weighted by Crippen LogP contribution is -2.05. The monoisotopic (exact) mass is 404 g/mol. The molecule has 0 saturated carbocycles. The smallest absolute Gasteiger partial charge is 0.221 e. The number of rotatable bonds is 6. The van der Waals surface area contributed by atoms with Crippen LogP contribution >= 0.6 is 11.3 Å². The molecule has 2 heterocycles. The van der Waals surface area contributed by atoms with E-state index in [1.54, 1.807) is 24.8 Å². The molecule has 2 aromatic carbocycles. The van der Waals surface area contributed by atoms with Gasteiger partial charge in [-0.15, -0.1) is 11.3 Å². The quantitative estimate of drug-likeness (QED) is 0.476. The van der Waals surface area contributed by atoms with Crippen molar-refractivity contribution in [3.63, 3.8) is 0 Å². The Kier molecular flexibility index (Phi) is 5.39. The van der Waals surface area contributed by atoms with Gasteiger partial charge >= 0.3 is 0 Å². The Bertz CT molecular complexity index is 1160. The van der Waals surface area contributed by atoms with Crippen molar-refractivity contribution in [2.75, 3.05) is 17.7 Å². The summed E-state index contributed by atoms with van der Waals surface area (Å²) < 4.78 is 6.20. The number of ether oxygens (including phenoxy) is 1. The summed E-state index contributed by atoms with van der Waals surface area (Å²) in [6.45, 7) is 2.16. The minimum Gasteiger partial charge on any atom is -0.497 e. The SMILES string of the molecule is COc1ccc(CNc2ncnc3cc(-c4cccc(NC(C)=O)c4)sc23)cc1. The van der Waals surface area contributed by atoms with E-state index >= 15 is 0 Å². The first-order valence-electron chi connectivity index (χ1n) is 9.12. The third-order valence-electron chi connectivity index (χ3n) is 4.40. The number of hydrogen-bond acceptors (Lipinski definition) is 6. The van der Waals surface area contributed by atoms with Gasteiger partial charge in [0.15, 0.2) is 0 Å². The lowest BCUT2D eigenvalue weighted by Gasteiger charge is -2.07. The van der Waals surface area contributed by atoms with Crippen molar-refractivity contribution in [2.24, 2.45) is 0 Å². The fourth-order valence-electron chi connectivity index (χ4n) is 3.01. The minimum absolute atomic E-state index is 0.0885. The maximum Gasteiger partial charge on any atom is 0.221 e. The summed E-state index contributed by atoms with van der Waals surface area (Å²) in [7, 11) is 1.66. The molecule has 0 radical (unpaired) electrons. The highest BCUT2D eigenvalue weighted by atomic mass is 32.1. The molecule has 0 bridgehead atoms. The van der Waals surface area contributed by atoms with Crippen LogP contribution in [0.2, 0.25) is 0 Å². The second-order valence-electron chi connectivity index (χ2n) is 6.51. The van der Waals surface area contributed by atoms with Gasteiger partial charge in [-0.1, -0.05) is 24.3 Å². The molecule has 0 fully saturated rings. The highest BCUT2D eigenvalue weighted by Gasteiger charge is 2.11. The summed E-state index contributed by atoms with van der Waals surface area (Å²) in [5.74, 6) is 1.55. The number of carbonyl (C=O) groups excluding carboxylic acids is 1. The topological polar surface area (TPSA) is 76.1 Å². The van der Waals surface area contributed by atoms with Crippen LogP contribution < -0.4 is 15.4 Å². The predicted octanol–water partition coefficient (Wildman–Crippen LogP) is 4.94. The number of thiophene rings is 1. The third-order valence-corrected chi connectivity index (χ3v) is 5.58. The number of hydrogen-bond donors (Lipinski definition) is 2. The number of carbonyl (C=O) groups is 1. The standard InChI is InChI=1S/C22H20N4O2S/c1-14(27)26-17-5-3-4-16(10-17)20-11-19-21(29-20)22(25-13-24-19)23-12-15-6-8-18(28-2)9-7-15/h3-11,13H,12H2,1-2H3,(H,26,27)(H,23,24,25). The number of anilines is 2. The first-order chi connectivity index (χ1) is 14.1. The molecular weight excluding hydrogens is 384 g/mol. The zero-order valence-corrected chi connectivity index (χ0v) is 16.9. The first-order valence-corrected chi connectivity index (χ1v) is 9.93. The van der Waals surface area contributed by atoms with Crippen LogP contribution in [0.15, 0.2) is 60.9 Å². The van der Waals surface area contributed by atoms with E-state index in [1.807, 2.05) is 54.6 Å². The van der Waals surface area contributed by atoms with Gasteiger partial charge in [0.05, 0.1) is 17.3 Å². The molecule has 29 heavy (non-hydrogen) atoms. The number of methoxy groups -OCH3 is 1. The van der Waals surface area contributed by atoms with Gasteiger partial charge in [0.1, 0.15) is 17.9 Å². The maximum absolute atomic E-state index is 11.3. The second kappa shape index (κ2) is 8.28. The Morgan fingerprint density at radius 2 is 1.93 bits per heavy atom. The fourth-order valence-corrected chi connectivity index (χ4v) is 4.08. The molecule has 2 N–H and O–H groups in total. The average molecular weight is 404 g/mol. The molecule has 146 valence electrons. The Hall–Kier alpha value is -3.45. The summed E-state index contributed by atoms with van der Waals surface area (Å²) in [4.78, 5) is 21.2. The molecule has 1 amide bonds. The van der Waals surface area contributed by atoms with E-state index in [0.717, 1.165) is 43.5 Å². The van der Waals surface area contributed by atoms with Crippen molar-refractivity contribution < 1.29 is 9.53 Å². The molecule has 4 rings (SSSR count). The van der Waals surface area contributed by atoms with Crippen LogP contribution in [0, 0.1) is 0 Å². The van der Waals surface area contributed by atoms with Crippen LogP contribution in [0.1, 0.15) is 12.5 Å². The second-order valence-corrected chi connectivity index (χ2v) is 7.56. The van der Waals surface area contributed by atoms with Crippen LogP contribution in [-0.2, 0) is 11.3 Å². The van der Waals surface area contributed by atoms with Crippen molar-refractivity contribution >= 4 is 39.0 Å². The average Bonchev–Trinajstić information content (AvgIpc) is 3.17. The highest BCUT2D eigenvalue weighted by Crippen LogP contribution is 2.36. The van der Waals surface area contributed by atoms with Crippen LogP contribution in [0.4, 0.5) is 11.5 Å². The van der Waals surface area contributed by atoms with Crippen LogP contribution in [0.25, 0.3) is 20.7 Å². The van der Waals surface area contributed by atoms with Gasteiger partial charge in [-0.3, -0.25) is 4.79 Å². The van der Waals surface area contributed by atoms with Gasteiger partial charge in [-0.25, -0.2) is 9.97 Å². The lowest BCUT2D eigenvalue weighted by molar-refractivity contribution is -0.114. The van der Waals surface area contributed by atoms with Gasteiger partial charge in [0, 0.05) is 24.0 Å². The van der Waals surface area contributed by atoms with Crippen molar-refractivity contribution in [3.05, 3.63) is 66.5 Å². The van der Waals surface area contributed by atoms with Crippen molar-refractivity contribution in [1.29, 1.82) is 0 Å². The Balaban J connectivity index is 1.59. The molecular formula is C22H20N4O2S. The zero-order chi connectivity index (χ0) is 20.2. The summed E-state index contributed by atoms with van der Waals surface area (Å²) in [5.41, 5.74) is 3.83. The molecule has 0 aliphatic carbocycles. The fraction of sp³-hybridized carbons (Fsp3) is 0.136. The summed E-state index contributed by atoms with van der Waals surface area (Å²) in [6.07, 6.45) is 1.57. The van der Waals surface area contributed by atoms with E-state index in [-0.39, 0.29) is 5.91 Å². The Morgan fingerprint density at radius 1 is 1.10 bits per heavy atom. The number of fused-ring (bicyclic) bond motifs is 1. The van der Waals surface area contributed by atoms with Crippen molar-refractivity contribution in [3.8, 4) is 16.2 Å². The van der Waals surface area contributed by atoms with Crippen molar-refractivity contribution in [1.82, 2.24) is 9.97 Å². The van der Waals surface area contributed by atoms with E-state index in [0.29, 0.717) is 6.54 Å². The first kappa shape index (κ1) is 18.9. The van der Waals surface area contributed by atoms with Crippen LogP contribution in [0.5, 0.6) is 5.75 Å². The van der Waals surface area contributed by atoms with Gasteiger partial charge in [0.2, 0.25) is 5.91 Å². The maximum atomic E-state index is 11.3. The summed E-state index contributed by atoms with van der Waals surface area (Å²) >= 11 is 1.63. The molecule has 0 saturated heterocycles. The number of nitrogens with one attached hydrogen (secondary N) is 2. The number of nitrogens with zero attached hydrogens (tertiary/aromatic N) is 2. The molecule has 7 heteroatoms. The van der Waals surface area contributed by atoms with Crippen LogP contribution in [0.3, 0.4) is 0 Å². The minimum atomic E-state index is -0.0885. The summed E-state index contributed by atoms with van der Waals surface area (Å²) in [6, 6.07) is 17.8. The largest absolute Gasteiger partial charge is 0.497 e. The Morgan fingerprint density at radius 3 is 2.69 bits per heavy atom. The molecule has 2 aromatic heterocycles. The van der Waals surface area contributed by atoms with Gasteiger partial charge in [0.25, 0.3) is 0 Å². The van der Waals surface area contributed by atoms with E-state index in [9.17, 15) is 4.79 Å². The highest BCUT2D eigenvalue weighted by molar-refractivity contribution is 7.22. The third kappa shape index (κ3) is 4.35. The predicted molar refractivity (Wildman–Crippen MR) is 117 cm³/mol. The number of benzene rings is 2. The molecule has 4 aromatic rings. The Labute approximate surface area is 172 Å². The molecule has 0 aliphatic heterocycles. The van der Waals surface area contributed by atoms with E-state index in [2.05, 4.69) is 20.6 Å². The van der Waals surface area contributed by atoms with Crippen molar-refractivity contribution in [2.45, 2.75) is 13.5 Å². The van der Waals surface area contributed by atoms with Gasteiger partial charge < -0.3 is 15.4 Å². The molecule has 6 nitrogen and oxygen atoms in total. The molecule has 0 atom stereocenters. The summed E-state index contributed by atoms with van der Waals surface area (Å²) in [5, 5.41) is 6.23. The number of aromatic nitrogens is 2. The van der Waals surface area contributed by atoms with Gasteiger partial charge in [-0.05, 0) is 41.5 Å². The molecule has 0 spiro atoms. The van der Waals surface area contributed by atoms with Gasteiger partial charge in [-0.2, -0.15) is 0 Å². The lowest BCUT2D eigenvalue weighted by atomic mass is 10.1.